The standard InChI is InChI=1S/C12H14BrIO/c1-2-4-12(15)11(13)8-9-5-3-6-10(14)7-9/h3,5-7,11H,2,4,8H2,1H3. The molecule has 0 fully saturated rings. The Bertz CT molecular complexity index is 338. The van der Waals surface area contributed by atoms with Crippen LogP contribution in [-0.2, 0) is 11.2 Å². The Hall–Kier alpha value is 0.100. The molecule has 0 N–H and O–H groups in total. The van der Waals surface area contributed by atoms with E-state index in [1.807, 2.05) is 13.0 Å². The zero-order chi connectivity index (χ0) is 11.3. The van der Waals surface area contributed by atoms with Gasteiger partial charge < -0.3 is 0 Å². The molecule has 1 aromatic rings. The highest BCUT2D eigenvalue weighted by atomic mass is 127. The van der Waals surface area contributed by atoms with Crippen LogP contribution in [0.4, 0.5) is 0 Å². The van der Waals surface area contributed by atoms with Gasteiger partial charge in [-0.05, 0) is 53.1 Å². The second-order valence-corrected chi connectivity index (χ2v) is 5.87. The molecule has 1 rings (SSSR count). The largest absolute Gasteiger partial charge is 0.298 e. The van der Waals surface area contributed by atoms with E-state index in [1.165, 1.54) is 9.13 Å². The van der Waals surface area contributed by atoms with Crippen molar-refractivity contribution in [3.63, 3.8) is 0 Å². The van der Waals surface area contributed by atoms with Crippen LogP contribution in [0.1, 0.15) is 25.3 Å². The summed E-state index contributed by atoms with van der Waals surface area (Å²) in [6, 6.07) is 8.27. The van der Waals surface area contributed by atoms with Crippen molar-refractivity contribution in [2.75, 3.05) is 0 Å². The van der Waals surface area contributed by atoms with Crippen LogP contribution in [0.15, 0.2) is 24.3 Å². The zero-order valence-electron chi connectivity index (χ0n) is 8.67. The maximum Gasteiger partial charge on any atom is 0.146 e. The van der Waals surface area contributed by atoms with Crippen LogP contribution >= 0.6 is 38.5 Å². The summed E-state index contributed by atoms with van der Waals surface area (Å²) in [5.41, 5.74) is 1.22. The van der Waals surface area contributed by atoms with E-state index in [4.69, 9.17) is 0 Å². The van der Waals surface area contributed by atoms with E-state index in [-0.39, 0.29) is 4.83 Å². The third-order valence-electron chi connectivity index (χ3n) is 2.15. The van der Waals surface area contributed by atoms with E-state index in [0.717, 1.165) is 12.8 Å². The Labute approximate surface area is 113 Å². The number of ketones is 1. The predicted molar refractivity (Wildman–Crippen MR) is 75.5 cm³/mol. The van der Waals surface area contributed by atoms with Gasteiger partial charge in [-0.1, -0.05) is 35.0 Å². The molecule has 0 bridgehead atoms. The molecular weight excluding hydrogens is 367 g/mol. The van der Waals surface area contributed by atoms with Gasteiger partial charge in [0.15, 0.2) is 0 Å². The average Bonchev–Trinajstić information content (AvgIpc) is 2.18. The smallest absolute Gasteiger partial charge is 0.146 e. The quantitative estimate of drug-likeness (QED) is 0.558. The first-order valence-electron chi connectivity index (χ1n) is 5.04. The first-order valence-corrected chi connectivity index (χ1v) is 7.04. The number of rotatable bonds is 5. The van der Waals surface area contributed by atoms with Crippen LogP contribution in [0.5, 0.6) is 0 Å². The van der Waals surface area contributed by atoms with E-state index in [9.17, 15) is 4.79 Å². The predicted octanol–water partition coefficient (Wildman–Crippen LogP) is 3.97. The number of halogens is 2. The second-order valence-electron chi connectivity index (χ2n) is 3.52. The first-order chi connectivity index (χ1) is 7.13. The molecule has 3 heteroatoms. The molecule has 0 heterocycles. The minimum Gasteiger partial charge on any atom is -0.298 e. The molecule has 0 spiro atoms. The molecule has 0 radical (unpaired) electrons. The first kappa shape index (κ1) is 13.2. The summed E-state index contributed by atoms with van der Waals surface area (Å²) in [5, 5.41) is 0. The third kappa shape index (κ3) is 4.64. The number of benzene rings is 1. The van der Waals surface area contributed by atoms with Crippen LogP contribution < -0.4 is 0 Å². The number of hydrogen-bond donors (Lipinski definition) is 0. The maximum absolute atomic E-state index is 11.6. The van der Waals surface area contributed by atoms with Gasteiger partial charge >= 0.3 is 0 Å². The summed E-state index contributed by atoms with van der Waals surface area (Å²) >= 11 is 5.74. The minimum atomic E-state index is -0.0318. The van der Waals surface area contributed by atoms with Crippen molar-refractivity contribution in [3.8, 4) is 0 Å². The van der Waals surface area contributed by atoms with Crippen LogP contribution in [-0.4, -0.2) is 10.6 Å². The van der Waals surface area contributed by atoms with Crippen molar-refractivity contribution >= 4 is 44.3 Å². The number of carbonyl (C=O) groups excluding carboxylic acids is 1. The highest BCUT2D eigenvalue weighted by Crippen LogP contribution is 2.15. The van der Waals surface area contributed by atoms with Gasteiger partial charge in [0.25, 0.3) is 0 Å². The fourth-order valence-electron chi connectivity index (χ4n) is 1.39. The van der Waals surface area contributed by atoms with Crippen molar-refractivity contribution < 1.29 is 4.79 Å². The minimum absolute atomic E-state index is 0.0318. The highest BCUT2D eigenvalue weighted by Gasteiger charge is 2.14. The van der Waals surface area contributed by atoms with Crippen molar-refractivity contribution in [3.05, 3.63) is 33.4 Å². The van der Waals surface area contributed by atoms with Crippen LogP contribution in [0, 0.1) is 3.57 Å². The zero-order valence-corrected chi connectivity index (χ0v) is 12.4. The third-order valence-corrected chi connectivity index (χ3v) is 3.66. The summed E-state index contributed by atoms with van der Waals surface area (Å²) in [5.74, 6) is 0.302. The topological polar surface area (TPSA) is 17.1 Å². The van der Waals surface area contributed by atoms with Gasteiger partial charge in [-0.15, -0.1) is 0 Å². The molecule has 1 atom stereocenters. The summed E-state index contributed by atoms with van der Waals surface area (Å²) in [6.07, 6.45) is 2.38. The average molecular weight is 381 g/mol. The lowest BCUT2D eigenvalue weighted by Gasteiger charge is -2.08. The monoisotopic (exact) mass is 380 g/mol. The second kappa shape index (κ2) is 6.63. The number of carbonyl (C=O) groups is 1. The Kier molecular flexibility index (Phi) is 5.82. The van der Waals surface area contributed by atoms with Gasteiger partial charge in [0.1, 0.15) is 5.78 Å². The summed E-state index contributed by atoms with van der Waals surface area (Å²) in [4.78, 5) is 11.6. The Balaban J connectivity index is 2.58. The van der Waals surface area contributed by atoms with Gasteiger partial charge in [-0.25, -0.2) is 0 Å². The Morgan fingerprint density at radius 2 is 2.27 bits per heavy atom. The molecule has 15 heavy (non-hydrogen) atoms. The Morgan fingerprint density at radius 1 is 1.53 bits per heavy atom. The lowest BCUT2D eigenvalue weighted by atomic mass is 10.1. The molecule has 1 unspecified atom stereocenters. The lowest BCUT2D eigenvalue weighted by Crippen LogP contribution is -2.16. The van der Waals surface area contributed by atoms with Crippen LogP contribution in [0.3, 0.4) is 0 Å². The van der Waals surface area contributed by atoms with Gasteiger partial charge in [-0.3, -0.25) is 4.79 Å². The number of hydrogen-bond acceptors (Lipinski definition) is 1. The van der Waals surface area contributed by atoms with Gasteiger partial charge in [0.05, 0.1) is 4.83 Å². The lowest BCUT2D eigenvalue weighted by molar-refractivity contribution is -0.118. The fourth-order valence-corrected chi connectivity index (χ4v) is 2.60. The molecule has 82 valence electrons. The summed E-state index contributed by atoms with van der Waals surface area (Å²) in [6.45, 7) is 2.03. The van der Waals surface area contributed by atoms with Crippen LogP contribution in [0.25, 0.3) is 0 Å². The van der Waals surface area contributed by atoms with Crippen molar-refractivity contribution in [2.45, 2.75) is 31.0 Å². The molecule has 0 saturated heterocycles. The molecule has 0 aromatic heterocycles. The van der Waals surface area contributed by atoms with Crippen LogP contribution in [0.2, 0.25) is 0 Å². The van der Waals surface area contributed by atoms with E-state index in [0.29, 0.717) is 12.2 Å². The van der Waals surface area contributed by atoms with E-state index in [2.05, 4.69) is 56.7 Å². The van der Waals surface area contributed by atoms with Crippen molar-refractivity contribution in [1.29, 1.82) is 0 Å². The molecule has 0 aliphatic rings. The van der Waals surface area contributed by atoms with Gasteiger partial charge in [0, 0.05) is 9.99 Å². The number of alkyl halides is 1. The molecular formula is C12H14BrIO. The molecule has 0 amide bonds. The SMILES string of the molecule is CCCC(=O)C(Br)Cc1cccc(I)c1. The van der Waals surface area contributed by atoms with E-state index < -0.39 is 0 Å². The molecule has 0 aliphatic heterocycles. The van der Waals surface area contributed by atoms with Gasteiger partial charge in [-0.2, -0.15) is 0 Å². The van der Waals surface area contributed by atoms with E-state index >= 15 is 0 Å². The maximum atomic E-state index is 11.6. The highest BCUT2D eigenvalue weighted by molar-refractivity contribution is 14.1. The molecule has 1 aromatic carbocycles. The summed E-state index contributed by atoms with van der Waals surface area (Å²) in [7, 11) is 0. The van der Waals surface area contributed by atoms with Crippen molar-refractivity contribution in [1.82, 2.24) is 0 Å². The molecule has 0 aliphatic carbocycles. The number of Topliss-reactive ketones (excluding diaryl/α,β-unsaturated/α-hetero) is 1. The molecule has 1 nitrogen and oxygen atoms in total. The summed E-state index contributed by atoms with van der Waals surface area (Å²) < 4.78 is 1.22. The van der Waals surface area contributed by atoms with E-state index in [1.54, 1.807) is 0 Å². The molecule has 0 saturated carbocycles. The Morgan fingerprint density at radius 3 is 2.87 bits per heavy atom. The van der Waals surface area contributed by atoms with Crippen molar-refractivity contribution in [2.24, 2.45) is 0 Å². The van der Waals surface area contributed by atoms with Gasteiger partial charge in [0.2, 0.25) is 0 Å². The fraction of sp³-hybridized carbons (Fsp3) is 0.417. The normalized spacial score (nSPS) is 12.5.